The highest BCUT2D eigenvalue weighted by Gasteiger charge is 2.24. The molecule has 0 aliphatic carbocycles. The molecule has 8 heteroatoms. The molecular weight excluding hydrogens is 368 g/mol. The van der Waals surface area contributed by atoms with Crippen LogP contribution in [0.25, 0.3) is 0 Å². The molecule has 0 radical (unpaired) electrons. The van der Waals surface area contributed by atoms with E-state index in [0.717, 1.165) is 49.2 Å². The van der Waals surface area contributed by atoms with Crippen LogP contribution in [0.1, 0.15) is 10.4 Å². The maximum Gasteiger partial charge on any atom is 0.253 e. The van der Waals surface area contributed by atoms with E-state index in [9.17, 15) is 4.79 Å². The summed E-state index contributed by atoms with van der Waals surface area (Å²) in [5, 5.41) is 0. The number of nitrogens with zero attached hydrogens (tertiary/aromatic N) is 6. The number of morpholine rings is 1. The van der Waals surface area contributed by atoms with Crippen molar-refractivity contribution in [1.29, 1.82) is 0 Å². The second-order valence-electron chi connectivity index (χ2n) is 7.53. The molecular formula is C21H28N6O2. The van der Waals surface area contributed by atoms with Crippen LogP contribution in [0.3, 0.4) is 0 Å². The molecule has 2 aromatic rings. The van der Waals surface area contributed by atoms with Crippen LogP contribution < -0.4 is 14.7 Å². The highest BCUT2D eigenvalue weighted by atomic mass is 16.5. The number of hydrogen-bond donors (Lipinski definition) is 0. The van der Waals surface area contributed by atoms with Crippen LogP contribution in [-0.4, -0.2) is 87.4 Å². The van der Waals surface area contributed by atoms with Crippen molar-refractivity contribution < 1.29 is 9.53 Å². The summed E-state index contributed by atoms with van der Waals surface area (Å²) in [5.41, 5.74) is 1.83. The van der Waals surface area contributed by atoms with Crippen LogP contribution in [0.5, 0.6) is 0 Å². The Labute approximate surface area is 171 Å². The van der Waals surface area contributed by atoms with Crippen molar-refractivity contribution in [3.8, 4) is 0 Å². The van der Waals surface area contributed by atoms with Gasteiger partial charge in [0.2, 0.25) is 5.95 Å². The van der Waals surface area contributed by atoms with E-state index in [2.05, 4.69) is 14.8 Å². The van der Waals surface area contributed by atoms with Gasteiger partial charge in [0.15, 0.2) is 0 Å². The second kappa shape index (κ2) is 8.65. The summed E-state index contributed by atoms with van der Waals surface area (Å²) in [5.74, 6) is 1.76. The molecule has 0 unspecified atom stereocenters. The molecule has 0 saturated carbocycles. The summed E-state index contributed by atoms with van der Waals surface area (Å²) in [6.45, 7) is 5.96. The average Bonchev–Trinajstić information content (AvgIpc) is 2.79. The van der Waals surface area contributed by atoms with Gasteiger partial charge in [-0.1, -0.05) is 0 Å². The molecule has 29 heavy (non-hydrogen) atoms. The maximum absolute atomic E-state index is 12.8. The summed E-state index contributed by atoms with van der Waals surface area (Å²) in [7, 11) is 3.99. The Morgan fingerprint density at radius 2 is 1.62 bits per heavy atom. The van der Waals surface area contributed by atoms with E-state index in [1.165, 1.54) is 0 Å². The number of carbonyl (C=O) groups excluding carboxylic acids is 1. The Kier molecular flexibility index (Phi) is 5.80. The third-order valence-corrected chi connectivity index (χ3v) is 5.44. The lowest BCUT2D eigenvalue weighted by Crippen LogP contribution is -2.49. The summed E-state index contributed by atoms with van der Waals surface area (Å²) >= 11 is 0. The van der Waals surface area contributed by atoms with Gasteiger partial charge in [0.05, 0.1) is 13.2 Å². The normalized spacial score (nSPS) is 17.4. The van der Waals surface area contributed by atoms with Crippen molar-refractivity contribution in [1.82, 2.24) is 14.9 Å². The number of benzene rings is 1. The highest BCUT2D eigenvalue weighted by Crippen LogP contribution is 2.19. The van der Waals surface area contributed by atoms with Crippen LogP contribution in [0.2, 0.25) is 0 Å². The van der Waals surface area contributed by atoms with Crippen molar-refractivity contribution in [2.24, 2.45) is 0 Å². The lowest BCUT2D eigenvalue weighted by Gasteiger charge is -2.36. The Balaban J connectivity index is 1.37. The zero-order chi connectivity index (χ0) is 20.2. The van der Waals surface area contributed by atoms with Crippen molar-refractivity contribution in [2.75, 3.05) is 81.3 Å². The molecule has 2 aliphatic rings. The van der Waals surface area contributed by atoms with Crippen molar-refractivity contribution in [2.45, 2.75) is 0 Å². The van der Waals surface area contributed by atoms with E-state index < -0.39 is 0 Å². The third kappa shape index (κ3) is 4.42. The largest absolute Gasteiger partial charge is 0.378 e. The molecule has 8 nitrogen and oxygen atoms in total. The lowest BCUT2D eigenvalue weighted by atomic mass is 10.1. The van der Waals surface area contributed by atoms with Crippen LogP contribution in [0, 0.1) is 0 Å². The number of rotatable bonds is 4. The van der Waals surface area contributed by atoms with Crippen LogP contribution in [0.4, 0.5) is 17.5 Å². The zero-order valence-electron chi connectivity index (χ0n) is 17.1. The van der Waals surface area contributed by atoms with Gasteiger partial charge >= 0.3 is 0 Å². The molecule has 4 rings (SSSR count). The molecule has 0 atom stereocenters. The molecule has 2 saturated heterocycles. The number of piperazine rings is 1. The van der Waals surface area contributed by atoms with Crippen molar-refractivity contribution in [3.05, 3.63) is 42.1 Å². The first-order valence-electron chi connectivity index (χ1n) is 10.1. The van der Waals surface area contributed by atoms with Crippen molar-refractivity contribution in [3.63, 3.8) is 0 Å². The Bertz CT molecular complexity index is 827. The Hall–Kier alpha value is -2.87. The number of amides is 1. The number of hydrogen-bond acceptors (Lipinski definition) is 7. The Morgan fingerprint density at radius 3 is 2.28 bits per heavy atom. The fourth-order valence-electron chi connectivity index (χ4n) is 3.65. The number of carbonyl (C=O) groups is 1. The van der Waals surface area contributed by atoms with Gasteiger partial charge in [-0.3, -0.25) is 4.79 Å². The first-order valence-corrected chi connectivity index (χ1v) is 10.1. The van der Waals surface area contributed by atoms with Gasteiger partial charge in [0.25, 0.3) is 5.91 Å². The van der Waals surface area contributed by atoms with E-state index >= 15 is 0 Å². The predicted octanol–water partition coefficient (Wildman–Crippen LogP) is 1.34. The first kappa shape index (κ1) is 19.4. The SMILES string of the molecule is CN(C)c1ccc(C(=O)N2CCN(c3ccnc(N4CCOCC4)n3)CC2)cc1. The summed E-state index contributed by atoms with van der Waals surface area (Å²) in [6, 6.07) is 9.72. The minimum atomic E-state index is 0.0895. The van der Waals surface area contributed by atoms with Crippen LogP contribution in [0.15, 0.2) is 36.5 Å². The van der Waals surface area contributed by atoms with Gasteiger partial charge in [-0.25, -0.2) is 4.98 Å². The monoisotopic (exact) mass is 396 g/mol. The van der Waals surface area contributed by atoms with E-state index in [1.807, 2.05) is 60.4 Å². The molecule has 154 valence electrons. The Morgan fingerprint density at radius 1 is 0.931 bits per heavy atom. The van der Waals surface area contributed by atoms with Gasteiger partial charge in [-0.2, -0.15) is 4.98 Å². The quantitative estimate of drug-likeness (QED) is 0.773. The van der Waals surface area contributed by atoms with E-state index in [1.54, 1.807) is 0 Å². The van der Waals surface area contributed by atoms with Gasteiger partial charge < -0.3 is 24.3 Å². The first-order chi connectivity index (χ1) is 14.1. The molecule has 1 amide bonds. The van der Waals surface area contributed by atoms with Gasteiger partial charge in [0.1, 0.15) is 5.82 Å². The molecule has 1 aromatic heterocycles. The number of anilines is 3. The summed E-state index contributed by atoms with van der Waals surface area (Å²) < 4.78 is 5.41. The second-order valence-corrected chi connectivity index (χ2v) is 7.53. The molecule has 0 spiro atoms. The summed E-state index contributed by atoms with van der Waals surface area (Å²) in [6.07, 6.45) is 1.82. The predicted molar refractivity (Wildman–Crippen MR) is 114 cm³/mol. The third-order valence-electron chi connectivity index (χ3n) is 5.44. The average molecular weight is 396 g/mol. The fourth-order valence-corrected chi connectivity index (χ4v) is 3.65. The van der Waals surface area contributed by atoms with Gasteiger partial charge in [-0.15, -0.1) is 0 Å². The molecule has 2 aliphatic heterocycles. The lowest BCUT2D eigenvalue weighted by molar-refractivity contribution is 0.0746. The summed E-state index contributed by atoms with van der Waals surface area (Å²) in [4.78, 5) is 30.3. The number of aromatic nitrogens is 2. The van der Waals surface area contributed by atoms with Crippen LogP contribution in [-0.2, 0) is 4.74 Å². The molecule has 2 fully saturated rings. The molecule has 0 bridgehead atoms. The van der Waals surface area contributed by atoms with Gasteiger partial charge in [0, 0.05) is 70.8 Å². The topological polar surface area (TPSA) is 65.0 Å². The van der Waals surface area contributed by atoms with E-state index in [4.69, 9.17) is 9.72 Å². The maximum atomic E-state index is 12.8. The van der Waals surface area contributed by atoms with E-state index in [-0.39, 0.29) is 5.91 Å². The van der Waals surface area contributed by atoms with Gasteiger partial charge in [-0.05, 0) is 30.3 Å². The standard InChI is InChI=1S/C21H28N6O2/c1-24(2)18-5-3-17(4-6-18)20(28)26-11-9-25(10-12-26)19-7-8-22-21(23-19)27-13-15-29-16-14-27/h3-8H,9-16H2,1-2H3. The van der Waals surface area contributed by atoms with E-state index in [0.29, 0.717) is 26.3 Å². The zero-order valence-corrected chi connectivity index (χ0v) is 17.1. The van der Waals surface area contributed by atoms with Crippen LogP contribution >= 0.6 is 0 Å². The van der Waals surface area contributed by atoms with Crippen molar-refractivity contribution >= 4 is 23.4 Å². The molecule has 0 N–H and O–H groups in total. The molecule has 3 heterocycles. The fraction of sp³-hybridized carbons (Fsp3) is 0.476. The minimum Gasteiger partial charge on any atom is -0.378 e. The smallest absolute Gasteiger partial charge is 0.253 e. The highest BCUT2D eigenvalue weighted by molar-refractivity contribution is 5.94. The molecule has 1 aromatic carbocycles. The number of ether oxygens (including phenoxy) is 1. The minimum absolute atomic E-state index is 0.0895.